The number of aliphatic carboxylic acids is 1. The lowest BCUT2D eigenvalue weighted by atomic mass is 9.94. The summed E-state index contributed by atoms with van der Waals surface area (Å²) < 4.78 is 0. The minimum Gasteiger partial charge on any atom is -0.481 e. The molecule has 0 aromatic carbocycles. The van der Waals surface area contributed by atoms with Gasteiger partial charge in [0.15, 0.2) is 0 Å². The number of piperidine rings is 1. The molecule has 2 aliphatic rings. The van der Waals surface area contributed by atoms with Crippen LogP contribution >= 0.6 is 0 Å². The van der Waals surface area contributed by atoms with Gasteiger partial charge in [-0.15, -0.1) is 0 Å². The molecule has 4 heteroatoms. The molecule has 0 bridgehead atoms. The summed E-state index contributed by atoms with van der Waals surface area (Å²) in [7, 11) is 2.00. The molecule has 2 unspecified atom stereocenters. The highest BCUT2D eigenvalue weighted by molar-refractivity contribution is 5.70. The van der Waals surface area contributed by atoms with Crippen molar-refractivity contribution >= 4 is 5.97 Å². The van der Waals surface area contributed by atoms with Crippen LogP contribution in [0.15, 0.2) is 0 Å². The lowest BCUT2D eigenvalue weighted by Gasteiger charge is -2.34. The van der Waals surface area contributed by atoms with Gasteiger partial charge in [0.1, 0.15) is 0 Å². The van der Waals surface area contributed by atoms with E-state index in [1.54, 1.807) is 0 Å². The Morgan fingerprint density at radius 1 is 1.47 bits per heavy atom. The second kappa shape index (κ2) is 4.49. The van der Waals surface area contributed by atoms with Crippen molar-refractivity contribution in [2.24, 2.45) is 11.8 Å². The van der Waals surface area contributed by atoms with Crippen LogP contribution in [0.4, 0.5) is 0 Å². The number of likely N-dealkylation sites (tertiary alicyclic amines) is 1. The molecule has 2 rings (SSSR count). The van der Waals surface area contributed by atoms with Gasteiger partial charge in [-0.2, -0.15) is 0 Å². The van der Waals surface area contributed by atoms with Crippen molar-refractivity contribution in [3.05, 3.63) is 0 Å². The third-order valence-corrected chi connectivity index (χ3v) is 3.37. The maximum Gasteiger partial charge on any atom is 0.307 e. The summed E-state index contributed by atoms with van der Waals surface area (Å²) in [5.74, 6) is 0.0146. The van der Waals surface area contributed by atoms with E-state index in [2.05, 4.69) is 10.2 Å². The molecule has 1 aliphatic heterocycles. The number of carboxylic acid groups (broad SMARTS) is 1. The lowest BCUT2D eigenvalue weighted by Crippen LogP contribution is -2.49. The van der Waals surface area contributed by atoms with Gasteiger partial charge in [0, 0.05) is 19.1 Å². The maximum absolute atomic E-state index is 10.9. The zero-order valence-corrected chi connectivity index (χ0v) is 9.28. The minimum absolute atomic E-state index is 0.194. The van der Waals surface area contributed by atoms with E-state index in [-0.39, 0.29) is 5.92 Å². The number of carbonyl (C=O) groups is 1. The Morgan fingerprint density at radius 3 is 2.80 bits per heavy atom. The summed E-state index contributed by atoms with van der Waals surface area (Å²) in [6.45, 7) is 2.75. The summed E-state index contributed by atoms with van der Waals surface area (Å²) in [5, 5.41) is 12.5. The summed E-state index contributed by atoms with van der Waals surface area (Å²) in [4.78, 5) is 13.1. The van der Waals surface area contributed by atoms with E-state index in [0.717, 1.165) is 25.4 Å². The third kappa shape index (κ3) is 3.18. The predicted molar refractivity (Wildman–Crippen MR) is 57.8 cm³/mol. The molecule has 0 spiro atoms. The van der Waals surface area contributed by atoms with Crippen molar-refractivity contribution in [3.63, 3.8) is 0 Å². The average Bonchev–Trinajstić information content (AvgIpc) is 2.97. The van der Waals surface area contributed by atoms with Gasteiger partial charge in [0.25, 0.3) is 0 Å². The summed E-state index contributed by atoms with van der Waals surface area (Å²) in [6, 6.07) is 0.366. The first-order valence-corrected chi connectivity index (χ1v) is 5.80. The van der Waals surface area contributed by atoms with Gasteiger partial charge in [0.05, 0.1) is 5.92 Å². The number of rotatable bonds is 4. The van der Waals surface area contributed by atoms with E-state index in [4.69, 9.17) is 5.11 Å². The minimum atomic E-state index is -0.653. The van der Waals surface area contributed by atoms with Gasteiger partial charge in [0.2, 0.25) is 0 Å². The van der Waals surface area contributed by atoms with Crippen LogP contribution in [0, 0.1) is 11.8 Å². The maximum atomic E-state index is 10.9. The normalized spacial score (nSPS) is 32.9. The quantitative estimate of drug-likeness (QED) is 0.708. The number of carboxylic acids is 1. The second-order valence-corrected chi connectivity index (χ2v) is 5.04. The van der Waals surface area contributed by atoms with E-state index in [0.29, 0.717) is 12.6 Å². The average molecular weight is 212 g/mol. The molecule has 1 saturated heterocycles. The third-order valence-electron chi connectivity index (χ3n) is 3.37. The van der Waals surface area contributed by atoms with Crippen molar-refractivity contribution in [2.75, 3.05) is 26.7 Å². The van der Waals surface area contributed by atoms with Gasteiger partial charge in [-0.1, -0.05) is 0 Å². The molecule has 1 heterocycles. The number of nitrogens with one attached hydrogen (secondary N) is 1. The molecule has 2 N–H and O–H groups in total. The van der Waals surface area contributed by atoms with Crippen LogP contribution in [-0.4, -0.2) is 48.7 Å². The predicted octanol–water partition coefficient (Wildman–Crippen LogP) is 0.391. The zero-order chi connectivity index (χ0) is 10.8. The first-order chi connectivity index (χ1) is 7.15. The second-order valence-electron chi connectivity index (χ2n) is 5.04. The van der Waals surface area contributed by atoms with Gasteiger partial charge >= 0.3 is 5.97 Å². The Kier molecular flexibility index (Phi) is 3.26. The van der Waals surface area contributed by atoms with E-state index in [1.165, 1.54) is 12.8 Å². The number of nitrogens with zero attached hydrogens (tertiary/aromatic N) is 1. The van der Waals surface area contributed by atoms with E-state index < -0.39 is 5.97 Å². The molecule has 0 radical (unpaired) electrons. The van der Waals surface area contributed by atoms with Gasteiger partial charge in [-0.25, -0.2) is 0 Å². The highest BCUT2D eigenvalue weighted by Gasteiger charge is 2.30. The van der Waals surface area contributed by atoms with E-state index in [9.17, 15) is 4.79 Å². The van der Waals surface area contributed by atoms with Crippen molar-refractivity contribution in [1.82, 2.24) is 10.2 Å². The van der Waals surface area contributed by atoms with Crippen LogP contribution in [0.1, 0.15) is 19.3 Å². The number of likely N-dealkylation sites (N-methyl/N-ethyl adjacent to an activating group) is 1. The number of hydrogen-bond donors (Lipinski definition) is 2. The summed E-state index contributed by atoms with van der Waals surface area (Å²) >= 11 is 0. The highest BCUT2D eigenvalue weighted by Crippen LogP contribution is 2.28. The fourth-order valence-corrected chi connectivity index (χ4v) is 2.30. The zero-order valence-electron chi connectivity index (χ0n) is 9.28. The molecule has 2 atom stereocenters. The Morgan fingerprint density at radius 2 is 2.20 bits per heavy atom. The lowest BCUT2D eigenvalue weighted by molar-refractivity contribution is -0.143. The van der Waals surface area contributed by atoms with Crippen molar-refractivity contribution in [2.45, 2.75) is 25.3 Å². The Hall–Kier alpha value is -0.610. The van der Waals surface area contributed by atoms with Crippen molar-refractivity contribution < 1.29 is 9.90 Å². The fourth-order valence-electron chi connectivity index (χ4n) is 2.30. The molecule has 4 nitrogen and oxygen atoms in total. The SMILES string of the molecule is CN1CC(NCC2CC2)CC(C(=O)O)C1. The number of hydrogen-bond acceptors (Lipinski definition) is 3. The summed E-state index contributed by atoms with van der Waals surface area (Å²) in [5.41, 5.74) is 0. The van der Waals surface area contributed by atoms with Gasteiger partial charge in [-0.3, -0.25) is 4.79 Å². The van der Waals surface area contributed by atoms with Crippen LogP contribution in [0.25, 0.3) is 0 Å². The standard InChI is InChI=1S/C11H20N2O2/c1-13-6-9(11(14)15)4-10(7-13)12-5-8-2-3-8/h8-10,12H,2-7H2,1H3,(H,14,15). The van der Waals surface area contributed by atoms with Crippen LogP contribution in [0.3, 0.4) is 0 Å². The molecule has 1 aliphatic carbocycles. The van der Waals surface area contributed by atoms with E-state index in [1.807, 2.05) is 7.05 Å². The first kappa shape index (κ1) is 10.9. The fraction of sp³-hybridized carbons (Fsp3) is 0.909. The van der Waals surface area contributed by atoms with Gasteiger partial charge < -0.3 is 15.3 Å². The van der Waals surface area contributed by atoms with Crippen molar-refractivity contribution in [3.8, 4) is 0 Å². The van der Waals surface area contributed by atoms with Crippen LogP contribution in [0.2, 0.25) is 0 Å². The van der Waals surface area contributed by atoms with E-state index >= 15 is 0 Å². The van der Waals surface area contributed by atoms with Crippen LogP contribution in [0.5, 0.6) is 0 Å². The summed E-state index contributed by atoms with van der Waals surface area (Å²) in [6.07, 6.45) is 3.47. The Bertz CT molecular complexity index is 241. The van der Waals surface area contributed by atoms with Crippen molar-refractivity contribution in [1.29, 1.82) is 0 Å². The van der Waals surface area contributed by atoms with Crippen LogP contribution in [-0.2, 0) is 4.79 Å². The molecule has 2 fully saturated rings. The largest absolute Gasteiger partial charge is 0.481 e. The molecular formula is C11H20N2O2. The molecular weight excluding hydrogens is 192 g/mol. The Balaban J connectivity index is 1.79. The highest BCUT2D eigenvalue weighted by atomic mass is 16.4. The molecule has 1 saturated carbocycles. The topological polar surface area (TPSA) is 52.6 Å². The van der Waals surface area contributed by atoms with Crippen LogP contribution < -0.4 is 5.32 Å². The molecule has 0 aromatic heterocycles. The monoisotopic (exact) mass is 212 g/mol. The smallest absolute Gasteiger partial charge is 0.307 e. The van der Waals surface area contributed by atoms with Gasteiger partial charge in [-0.05, 0) is 38.8 Å². The molecule has 0 aromatic rings. The first-order valence-electron chi connectivity index (χ1n) is 5.80. The molecule has 0 amide bonds. The Labute approximate surface area is 90.6 Å². The molecule has 15 heavy (non-hydrogen) atoms. The molecule has 86 valence electrons.